The van der Waals surface area contributed by atoms with Crippen LogP contribution < -0.4 is 5.32 Å². The zero-order valence-electron chi connectivity index (χ0n) is 8.84. The standard InChI is InChI=1S/C12H21N/c1-4-11(3)13-9-12-7-5-10(2)6-8-12/h1,10-13H,5-9H2,2-3H3. The number of rotatable bonds is 3. The summed E-state index contributed by atoms with van der Waals surface area (Å²) in [5, 5.41) is 3.38. The fourth-order valence-corrected chi connectivity index (χ4v) is 1.94. The molecule has 0 heterocycles. The van der Waals surface area contributed by atoms with Crippen molar-refractivity contribution in [2.45, 2.75) is 45.6 Å². The minimum Gasteiger partial charge on any atom is -0.304 e. The van der Waals surface area contributed by atoms with E-state index in [9.17, 15) is 0 Å². The molecular weight excluding hydrogens is 158 g/mol. The molecule has 0 bridgehead atoms. The van der Waals surface area contributed by atoms with E-state index < -0.39 is 0 Å². The lowest BCUT2D eigenvalue weighted by Gasteiger charge is -2.26. The van der Waals surface area contributed by atoms with E-state index in [1.165, 1.54) is 25.7 Å². The predicted octanol–water partition coefficient (Wildman–Crippen LogP) is 2.42. The minimum atomic E-state index is 0.236. The molecule has 1 nitrogen and oxygen atoms in total. The van der Waals surface area contributed by atoms with Gasteiger partial charge in [-0.25, -0.2) is 0 Å². The zero-order chi connectivity index (χ0) is 9.68. The molecule has 1 unspecified atom stereocenters. The van der Waals surface area contributed by atoms with Gasteiger partial charge in [0.1, 0.15) is 0 Å². The first-order chi connectivity index (χ1) is 6.22. The third kappa shape index (κ3) is 3.83. The molecule has 0 aromatic rings. The maximum Gasteiger partial charge on any atom is 0.0658 e. The summed E-state index contributed by atoms with van der Waals surface area (Å²) in [5.74, 6) is 4.52. The number of hydrogen-bond acceptors (Lipinski definition) is 1. The second-order valence-electron chi connectivity index (χ2n) is 4.42. The van der Waals surface area contributed by atoms with Crippen LogP contribution in [-0.4, -0.2) is 12.6 Å². The van der Waals surface area contributed by atoms with Crippen molar-refractivity contribution in [1.82, 2.24) is 5.32 Å². The van der Waals surface area contributed by atoms with E-state index in [1.54, 1.807) is 0 Å². The van der Waals surface area contributed by atoms with Crippen molar-refractivity contribution >= 4 is 0 Å². The Morgan fingerprint density at radius 2 is 2.00 bits per heavy atom. The van der Waals surface area contributed by atoms with Gasteiger partial charge in [-0.1, -0.05) is 25.7 Å². The fourth-order valence-electron chi connectivity index (χ4n) is 1.94. The molecule has 1 aliphatic carbocycles. The Hall–Kier alpha value is -0.480. The molecular formula is C12H21N. The molecule has 0 saturated heterocycles. The van der Waals surface area contributed by atoms with E-state index in [-0.39, 0.29) is 6.04 Å². The molecule has 1 heteroatoms. The zero-order valence-corrected chi connectivity index (χ0v) is 8.84. The number of terminal acetylenes is 1. The third-order valence-corrected chi connectivity index (χ3v) is 3.10. The molecule has 13 heavy (non-hydrogen) atoms. The van der Waals surface area contributed by atoms with Crippen molar-refractivity contribution in [3.8, 4) is 12.3 Å². The summed E-state index contributed by atoms with van der Waals surface area (Å²) in [6.07, 6.45) is 10.9. The lowest BCUT2D eigenvalue weighted by molar-refractivity contribution is 0.280. The molecule has 1 rings (SSSR count). The van der Waals surface area contributed by atoms with Gasteiger partial charge in [0, 0.05) is 0 Å². The molecule has 0 amide bonds. The Morgan fingerprint density at radius 3 is 2.54 bits per heavy atom. The molecule has 1 fully saturated rings. The summed E-state index contributed by atoms with van der Waals surface area (Å²) < 4.78 is 0. The Balaban J connectivity index is 2.13. The van der Waals surface area contributed by atoms with Crippen LogP contribution in [0.4, 0.5) is 0 Å². The minimum absolute atomic E-state index is 0.236. The summed E-state index contributed by atoms with van der Waals surface area (Å²) >= 11 is 0. The van der Waals surface area contributed by atoms with Gasteiger partial charge in [0.2, 0.25) is 0 Å². The molecule has 0 spiro atoms. The van der Waals surface area contributed by atoms with Crippen LogP contribution in [0.25, 0.3) is 0 Å². The van der Waals surface area contributed by atoms with Gasteiger partial charge < -0.3 is 5.32 Å². The Morgan fingerprint density at radius 1 is 1.38 bits per heavy atom. The van der Waals surface area contributed by atoms with Crippen molar-refractivity contribution in [3.05, 3.63) is 0 Å². The highest BCUT2D eigenvalue weighted by Crippen LogP contribution is 2.27. The normalized spacial score (nSPS) is 30.8. The van der Waals surface area contributed by atoms with Crippen molar-refractivity contribution in [1.29, 1.82) is 0 Å². The highest BCUT2D eigenvalue weighted by Gasteiger charge is 2.17. The number of hydrogen-bond donors (Lipinski definition) is 1. The van der Waals surface area contributed by atoms with Crippen LogP contribution in [0.3, 0.4) is 0 Å². The van der Waals surface area contributed by atoms with Crippen molar-refractivity contribution in [3.63, 3.8) is 0 Å². The van der Waals surface area contributed by atoms with Crippen LogP contribution in [0, 0.1) is 24.2 Å². The van der Waals surface area contributed by atoms with E-state index in [0.717, 1.165) is 18.4 Å². The average Bonchev–Trinajstić information content (AvgIpc) is 2.16. The lowest BCUT2D eigenvalue weighted by Crippen LogP contribution is -2.31. The van der Waals surface area contributed by atoms with E-state index in [1.807, 2.05) is 6.92 Å². The molecule has 0 aromatic heterocycles. The lowest BCUT2D eigenvalue weighted by atomic mass is 9.83. The van der Waals surface area contributed by atoms with Crippen molar-refractivity contribution in [2.75, 3.05) is 6.54 Å². The second kappa shape index (κ2) is 5.29. The quantitative estimate of drug-likeness (QED) is 0.656. The summed E-state index contributed by atoms with van der Waals surface area (Å²) in [5.41, 5.74) is 0. The van der Waals surface area contributed by atoms with Gasteiger partial charge in [-0.2, -0.15) is 0 Å². The predicted molar refractivity (Wildman–Crippen MR) is 57.4 cm³/mol. The van der Waals surface area contributed by atoms with E-state index >= 15 is 0 Å². The van der Waals surface area contributed by atoms with Gasteiger partial charge in [-0.15, -0.1) is 6.42 Å². The SMILES string of the molecule is C#CC(C)NCC1CCC(C)CC1. The number of nitrogens with one attached hydrogen (secondary N) is 1. The molecule has 1 aliphatic rings. The first-order valence-corrected chi connectivity index (χ1v) is 5.42. The van der Waals surface area contributed by atoms with Crippen LogP contribution in [0.1, 0.15) is 39.5 Å². The van der Waals surface area contributed by atoms with Gasteiger partial charge in [0.05, 0.1) is 6.04 Å². The summed E-state index contributed by atoms with van der Waals surface area (Å²) in [6, 6.07) is 0.236. The van der Waals surface area contributed by atoms with Gasteiger partial charge in [-0.3, -0.25) is 0 Å². The van der Waals surface area contributed by atoms with Crippen LogP contribution in [-0.2, 0) is 0 Å². The van der Waals surface area contributed by atoms with Gasteiger partial charge >= 0.3 is 0 Å². The molecule has 1 N–H and O–H groups in total. The van der Waals surface area contributed by atoms with Gasteiger partial charge in [0.15, 0.2) is 0 Å². The van der Waals surface area contributed by atoms with Crippen LogP contribution in [0.15, 0.2) is 0 Å². The smallest absolute Gasteiger partial charge is 0.0658 e. The molecule has 0 radical (unpaired) electrons. The molecule has 1 saturated carbocycles. The molecule has 1 atom stereocenters. The van der Waals surface area contributed by atoms with Crippen molar-refractivity contribution < 1.29 is 0 Å². The summed E-state index contributed by atoms with van der Waals surface area (Å²) in [4.78, 5) is 0. The third-order valence-electron chi connectivity index (χ3n) is 3.10. The first-order valence-electron chi connectivity index (χ1n) is 5.42. The van der Waals surface area contributed by atoms with E-state index in [2.05, 4.69) is 18.2 Å². The van der Waals surface area contributed by atoms with E-state index in [4.69, 9.17) is 6.42 Å². The molecule has 0 aromatic carbocycles. The highest BCUT2D eigenvalue weighted by molar-refractivity contribution is 4.95. The average molecular weight is 179 g/mol. The first kappa shape index (κ1) is 10.6. The van der Waals surface area contributed by atoms with Crippen LogP contribution >= 0.6 is 0 Å². The monoisotopic (exact) mass is 179 g/mol. The molecule has 74 valence electrons. The highest BCUT2D eigenvalue weighted by atomic mass is 14.9. The maximum atomic E-state index is 5.30. The van der Waals surface area contributed by atoms with Gasteiger partial charge in [-0.05, 0) is 38.1 Å². The fraction of sp³-hybridized carbons (Fsp3) is 0.833. The summed E-state index contributed by atoms with van der Waals surface area (Å²) in [7, 11) is 0. The van der Waals surface area contributed by atoms with E-state index in [0.29, 0.717) is 0 Å². The van der Waals surface area contributed by atoms with Crippen molar-refractivity contribution in [2.24, 2.45) is 11.8 Å². The molecule has 0 aliphatic heterocycles. The van der Waals surface area contributed by atoms with Gasteiger partial charge in [0.25, 0.3) is 0 Å². The Kier molecular flexibility index (Phi) is 4.32. The van der Waals surface area contributed by atoms with Crippen LogP contribution in [0.2, 0.25) is 0 Å². The topological polar surface area (TPSA) is 12.0 Å². The Labute approximate surface area is 82.3 Å². The Bertz CT molecular complexity index is 172. The summed E-state index contributed by atoms with van der Waals surface area (Å²) in [6.45, 7) is 5.51. The van der Waals surface area contributed by atoms with Crippen LogP contribution in [0.5, 0.6) is 0 Å². The largest absolute Gasteiger partial charge is 0.304 e. The second-order valence-corrected chi connectivity index (χ2v) is 4.42. The maximum absolute atomic E-state index is 5.30.